The van der Waals surface area contributed by atoms with E-state index in [1.165, 1.54) is 0 Å². The van der Waals surface area contributed by atoms with Gasteiger partial charge in [-0.25, -0.2) is 4.79 Å². The molecular formula is C24H26N2O5. The summed E-state index contributed by atoms with van der Waals surface area (Å²) < 4.78 is 16.3. The highest BCUT2D eigenvalue weighted by Crippen LogP contribution is 2.18. The number of amides is 2. The third-order valence-corrected chi connectivity index (χ3v) is 4.36. The first-order chi connectivity index (χ1) is 15.1. The fourth-order valence-corrected chi connectivity index (χ4v) is 2.68. The number of anilines is 1. The predicted molar refractivity (Wildman–Crippen MR) is 119 cm³/mol. The van der Waals surface area contributed by atoms with Crippen LogP contribution in [0.4, 0.5) is 10.5 Å². The lowest BCUT2D eigenvalue weighted by Gasteiger charge is -2.14. The summed E-state index contributed by atoms with van der Waals surface area (Å²) in [5, 5.41) is 15.3. The van der Waals surface area contributed by atoms with Crippen molar-refractivity contribution in [3.8, 4) is 17.2 Å². The van der Waals surface area contributed by atoms with E-state index in [1.54, 1.807) is 55.6 Å². The summed E-state index contributed by atoms with van der Waals surface area (Å²) in [6.07, 6.45) is -0.846. The Balaban J connectivity index is 1.35. The molecule has 0 saturated carbocycles. The molecule has 0 aliphatic carbocycles. The number of aliphatic hydroxyl groups excluding tert-OH is 1. The topological polar surface area (TPSA) is 89.0 Å². The summed E-state index contributed by atoms with van der Waals surface area (Å²) in [5.74, 6) is 2.04. The molecule has 0 aliphatic heterocycles. The quantitative estimate of drug-likeness (QED) is 0.462. The number of carbonyl (C=O) groups excluding carboxylic acids is 1. The molecular weight excluding hydrogens is 396 g/mol. The molecule has 3 aromatic carbocycles. The minimum absolute atomic E-state index is 0.0556. The highest BCUT2D eigenvalue weighted by atomic mass is 16.5. The summed E-state index contributed by atoms with van der Waals surface area (Å²) in [6.45, 7) is 0.588. The number of methoxy groups -OCH3 is 1. The van der Waals surface area contributed by atoms with Gasteiger partial charge < -0.3 is 30.0 Å². The summed E-state index contributed by atoms with van der Waals surface area (Å²) in [6, 6.07) is 23.6. The Morgan fingerprint density at radius 2 is 1.48 bits per heavy atom. The Kier molecular flexibility index (Phi) is 8.13. The zero-order chi connectivity index (χ0) is 21.9. The van der Waals surface area contributed by atoms with E-state index < -0.39 is 12.1 Å². The van der Waals surface area contributed by atoms with Crippen molar-refractivity contribution in [3.05, 3.63) is 84.4 Å². The molecule has 0 unspecified atom stereocenters. The van der Waals surface area contributed by atoms with Crippen molar-refractivity contribution >= 4 is 11.7 Å². The van der Waals surface area contributed by atoms with Gasteiger partial charge in [-0.15, -0.1) is 0 Å². The van der Waals surface area contributed by atoms with E-state index in [2.05, 4.69) is 10.6 Å². The van der Waals surface area contributed by atoms with Crippen LogP contribution < -0.4 is 24.8 Å². The zero-order valence-electron chi connectivity index (χ0n) is 17.3. The van der Waals surface area contributed by atoms with Crippen LogP contribution in [-0.2, 0) is 6.61 Å². The number of urea groups is 1. The van der Waals surface area contributed by atoms with Crippen LogP contribution in [0, 0.1) is 0 Å². The van der Waals surface area contributed by atoms with Crippen molar-refractivity contribution in [1.29, 1.82) is 0 Å². The molecule has 0 radical (unpaired) electrons. The Morgan fingerprint density at radius 3 is 2.16 bits per heavy atom. The zero-order valence-corrected chi connectivity index (χ0v) is 17.3. The molecule has 0 aliphatic rings. The van der Waals surface area contributed by atoms with Gasteiger partial charge >= 0.3 is 6.03 Å². The molecule has 0 bridgehead atoms. The molecule has 3 aromatic rings. The number of carbonyl (C=O) groups is 1. The highest BCUT2D eigenvalue weighted by Gasteiger charge is 2.09. The average molecular weight is 422 g/mol. The van der Waals surface area contributed by atoms with Gasteiger partial charge in [0.15, 0.2) is 0 Å². The fraction of sp³-hybridized carbons (Fsp3) is 0.208. The monoisotopic (exact) mass is 422 g/mol. The molecule has 31 heavy (non-hydrogen) atoms. The van der Waals surface area contributed by atoms with Crippen LogP contribution in [0.15, 0.2) is 78.9 Å². The van der Waals surface area contributed by atoms with Crippen LogP contribution in [0.5, 0.6) is 17.2 Å². The van der Waals surface area contributed by atoms with Crippen molar-refractivity contribution < 1.29 is 24.1 Å². The molecule has 0 heterocycles. The average Bonchev–Trinajstić information content (AvgIpc) is 2.82. The van der Waals surface area contributed by atoms with E-state index in [-0.39, 0.29) is 13.2 Å². The van der Waals surface area contributed by atoms with Gasteiger partial charge in [-0.05, 0) is 54.1 Å². The predicted octanol–water partition coefficient (Wildman–Crippen LogP) is 3.84. The summed E-state index contributed by atoms with van der Waals surface area (Å²) >= 11 is 0. The Morgan fingerprint density at radius 1 is 0.871 bits per heavy atom. The molecule has 7 nitrogen and oxygen atoms in total. The van der Waals surface area contributed by atoms with Crippen molar-refractivity contribution in [2.24, 2.45) is 0 Å². The van der Waals surface area contributed by atoms with Gasteiger partial charge in [-0.1, -0.05) is 30.3 Å². The van der Waals surface area contributed by atoms with Gasteiger partial charge in [0.1, 0.15) is 36.6 Å². The van der Waals surface area contributed by atoms with E-state index in [1.807, 2.05) is 30.3 Å². The van der Waals surface area contributed by atoms with Crippen LogP contribution in [0.25, 0.3) is 0 Å². The van der Waals surface area contributed by atoms with Gasteiger partial charge in [0.25, 0.3) is 0 Å². The Bertz CT molecular complexity index is 930. The maximum absolute atomic E-state index is 12.0. The largest absolute Gasteiger partial charge is 0.497 e. The van der Waals surface area contributed by atoms with Gasteiger partial charge in [0.05, 0.1) is 7.11 Å². The molecule has 0 saturated heterocycles. The van der Waals surface area contributed by atoms with Gasteiger partial charge in [0.2, 0.25) is 0 Å². The number of hydrogen-bond acceptors (Lipinski definition) is 5. The minimum atomic E-state index is -0.846. The van der Waals surface area contributed by atoms with Crippen LogP contribution in [0.2, 0.25) is 0 Å². The van der Waals surface area contributed by atoms with E-state index in [4.69, 9.17) is 14.2 Å². The maximum atomic E-state index is 12.0. The third kappa shape index (κ3) is 7.56. The van der Waals surface area contributed by atoms with Crippen LogP contribution in [-0.4, -0.2) is 37.5 Å². The first kappa shape index (κ1) is 22.0. The number of rotatable bonds is 10. The lowest BCUT2D eigenvalue weighted by molar-refractivity contribution is 0.108. The van der Waals surface area contributed by atoms with Gasteiger partial charge in [-0.3, -0.25) is 0 Å². The molecule has 3 N–H and O–H groups in total. The maximum Gasteiger partial charge on any atom is 0.319 e. The molecule has 7 heteroatoms. The summed E-state index contributed by atoms with van der Waals surface area (Å²) in [5.41, 5.74) is 1.70. The van der Waals surface area contributed by atoms with E-state index in [0.29, 0.717) is 23.8 Å². The van der Waals surface area contributed by atoms with Crippen molar-refractivity contribution in [2.45, 2.75) is 12.7 Å². The smallest absolute Gasteiger partial charge is 0.319 e. The second-order valence-electron chi connectivity index (χ2n) is 6.77. The van der Waals surface area contributed by atoms with E-state index >= 15 is 0 Å². The van der Waals surface area contributed by atoms with Crippen molar-refractivity contribution in [3.63, 3.8) is 0 Å². The normalized spacial score (nSPS) is 11.3. The van der Waals surface area contributed by atoms with Gasteiger partial charge in [0, 0.05) is 12.2 Å². The molecule has 162 valence electrons. The summed E-state index contributed by atoms with van der Waals surface area (Å²) in [4.78, 5) is 12.0. The lowest BCUT2D eigenvalue weighted by Crippen LogP contribution is -2.37. The molecule has 0 fully saturated rings. The standard InChI is InChI=1S/C24H26N2O5/c1-29-21-11-13-23(14-12-21)31-17-20(27)15-25-24(28)26-19-7-9-22(10-8-19)30-16-18-5-3-2-4-6-18/h2-14,20,27H,15-17H2,1H3,(H2,25,26,28)/t20-/m0/s1. The third-order valence-electron chi connectivity index (χ3n) is 4.36. The number of benzene rings is 3. The van der Waals surface area contributed by atoms with Crippen LogP contribution in [0.3, 0.4) is 0 Å². The second-order valence-corrected chi connectivity index (χ2v) is 6.77. The SMILES string of the molecule is COc1ccc(OC[C@@H](O)CNC(=O)Nc2ccc(OCc3ccccc3)cc2)cc1. The fourth-order valence-electron chi connectivity index (χ4n) is 2.68. The number of hydrogen-bond donors (Lipinski definition) is 3. The Hall–Kier alpha value is -3.71. The van der Waals surface area contributed by atoms with Crippen molar-refractivity contribution in [2.75, 3.05) is 25.6 Å². The first-order valence-electron chi connectivity index (χ1n) is 9.89. The number of ether oxygens (including phenoxy) is 3. The molecule has 0 spiro atoms. The number of nitrogens with one attached hydrogen (secondary N) is 2. The van der Waals surface area contributed by atoms with E-state index in [0.717, 1.165) is 11.3 Å². The second kappa shape index (κ2) is 11.5. The van der Waals surface area contributed by atoms with Crippen LogP contribution in [0.1, 0.15) is 5.56 Å². The van der Waals surface area contributed by atoms with E-state index in [9.17, 15) is 9.90 Å². The van der Waals surface area contributed by atoms with Crippen LogP contribution >= 0.6 is 0 Å². The molecule has 3 rings (SSSR count). The lowest BCUT2D eigenvalue weighted by atomic mass is 10.2. The Labute approximate surface area is 181 Å². The molecule has 2 amide bonds. The number of aliphatic hydroxyl groups is 1. The van der Waals surface area contributed by atoms with Crippen molar-refractivity contribution in [1.82, 2.24) is 5.32 Å². The highest BCUT2D eigenvalue weighted by molar-refractivity contribution is 5.89. The van der Waals surface area contributed by atoms with Gasteiger partial charge in [-0.2, -0.15) is 0 Å². The summed E-state index contributed by atoms with van der Waals surface area (Å²) in [7, 11) is 1.59. The first-order valence-corrected chi connectivity index (χ1v) is 9.89. The minimum Gasteiger partial charge on any atom is -0.497 e. The molecule has 0 aromatic heterocycles. The molecule has 1 atom stereocenters.